The van der Waals surface area contributed by atoms with E-state index in [1.165, 1.54) is 9.44 Å². The van der Waals surface area contributed by atoms with Gasteiger partial charge in [0.25, 0.3) is 5.56 Å². The molecular formula is C19H18N2O4S. The van der Waals surface area contributed by atoms with Crippen LogP contribution in [0, 0.1) is 0 Å². The maximum absolute atomic E-state index is 13.1. The van der Waals surface area contributed by atoms with Gasteiger partial charge < -0.3 is 9.84 Å². The summed E-state index contributed by atoms with van der Waals surface area (Å²) in [4.78, 5) is 31.0. The van der Waals surface area contributed by atoms with Crippen molar-refractivity contribution in [1.29, 1.82) is 0 Å². The minimum atomic E-state index is -1.05. The fraction of sp³-hybridized carbons (Fsp3) is 0.316. The van der Waals surface area contributed by atoms with Crippen molar-refractivity contribution >= 4 is 27.5 Å². The van der Waals surface area contributed by atoms with E-state index in [1.807, 2.05) is 24.3 Å². The largest absolute Gasteiger partial charge is 0.496 e. The van der Waals surface area contributed by atoms with Gasteiger partial charge >= 0.3 is 5.97 Å². The number of aliphatic carboxylic acids is 1. The lowest BCUT2D eigenvalue weighted by molar-refractivity contribution is -0.137. The van der Waals surface area contributed by atoms with Crippen LogP contribution in [0.15, 0.2) is 29.1 Å². The molecule has 1 aromatic carbocycles. The Hall–Kier alpha value is -2.67. The lowest BCUT2D eigenvalue weighted by Crippen LogP contribution is -2.29. The SMILES string of the molecule is COc1ccccc1Cc1nc2sc3c(c2c(=O)n1CC(=O)O)CCC3. The molecule has 2 aromatic heterocycles. The molecule has 0 unspecified atom stereocenters. The maximum atomic E-state index is 13.1. The first-order valence-electron chi connectivity index (χ1n) is 8.46. The Morgan fingerprint density at radius 2 is 2.15 bits per heavy atom. The standard InChI is InChI=1S/C19H18N2O4S/c1-25-13-7-3-2-5-11(13)9-15-20-18-17(12-6-4-8-14(12)26-18)19(24)21(15)10-16(22)23/h2-3,5,7H,4,6,8-10H2,1H3,(H,22,23). The molecule has 0 saturated heterocycles. The lowest BCUT2D eigenvalue weighted by atomic mass is 10.1. The molecule has 1 aliphatic carbocycles. The highest BCUT2D eigenvalue weighted by Crippen LogP contribution is 2.35. The Balaban J connectivity index is 1.90. The molecule has 1 N–H and O–H groups in total. The van der Waals surface area contributed by atoms with E-state index in [0.717, 1.165) is 30.4 Å². The molecular weight excluding hydrogens is 352 g/mol. The zero-order valence-corrected chi connectivity index (χ0v) is 15.1. The molecule has 0 amide bonds. The van der Waals surface area contributed by atoms with Crippen LogP contribution < -0.4 is 10.3 Å². The van der Waals surface area contributed by atoms with E-state index in [0.29, 0.717) is 28.2 Å². The monoisotopic (exact) mass is 370 g/mol. The normalized spacial score (nSPS) is 13.1. The van der Waals surface area contributed by atoms with Gasteiger partial charge in [-0.15, -0.1) is 11.3 Å². The minimum absolute atomic E-state index is 0.248. The van der Waals surface area contributed by atoms with Gasteiger partial charge in [0.15, 0.2) is 0 Å². The average Bonchev–Trinajstić information content (AvgIpc) is 3.19. The van der Waals surface area contributed by atoms with Crippen molar-refractivity contribution in [2.24, 2.45) is 0 Å². The molecule has 1 aliphatic rings. The van der Waals surface area contributed by atoms with Gasteiger partial charge in [-0.05, 0) is 30.9 Å². The van der Waals surface area contributed by atoms with Gasteiger partial charge in [0, 0.05) is 16.9 Å². The minimum Gasteiger partial charge on any atom is -0.496 e. The van der Waals surface area contributed by atoms with Crippen molar-refractivity contribution in [3.05, 3.63) is 56.4 Å². The summed E-state index contributed by atoms with van der Waals surface area (Å²) in [5.41, 5.74) is 1.68. The second-order valence-electron chi connectivity index (χ2n) is 6.34. The number of carboxylic acids is 1. The van der Waals surface area contributed by atoms with Crippen molar-refractivity contribution in [1.82, 2.24) is 9.55 Å². The van der Waals surface area contributed by atoms with Gasteiger partial charge in [0.2, 0.25) is 0 Å². The highest BCUT2D eigenvalue weighted by atomic mass is 32.1. The van der Waals surface area contributed by atoms with Crippen LogP contribution in [0.4, 0.5) is 0 Å². The molecule has 6 nitrogen and oxygen atoms in total. The molecule has 0 fully saturated rings. The first kappa shape index (κ1) is 16.8. The van der Waals surface area contributed by atoms with Crippen LogP contribution in [0.5, 0.6) is 5.75 Å². The quantitative estimate of drug-likeness (QED) is 0.747. The Labute approximate surface area is 153 Å². The molecule has 3 aromatic rings. The van der Waals surface area contributed by atoms with Crippen LogP contribution >= 0.6 is 11.3 Å². The van der Waals surface area contributed by atoms with Crippen molar-refractivity contribution in [3.8, 4) is 5.75 Å². The molecule has 0 aliphatic heterocycles. The summed E-state index contributed by atoms with van der Waals surface area (Å²) in [5.74, 6) is 0.0909. The highest BCUT2D eigenvalue weighted by molar-refractivity contribution is 7.18. The molecule has 4 rings (SSSR count). The number of rotatable bonds is 5. The Kier molecular flexibility index (Phi) is 4.24. The number of nitrogens with zero attached hydrogens (tertiary/aromatic N) is 2. The number of methoxy groups -OCH3 is 1. The van der Waals surface area contributed by atoms with Crippen LogP contribution in [0.1, 0.15) is 28.2 Å². The van der Waals surface area contributed by atoms with E-state index in [-0.39, 0.29) is 5.56 Å². The third kappa shape index (κ3) is 2.78. The number of hydrogen-bond donors (Lipinski definition) is 1. The molecule has 134 valence electrons. The number of para-hydroxylation sites is 1. The predicted molar refractivity (Wildman–Crippen MR) is 99.3 cm³/mol. The number of carboxylic acid groups (broad SMARTS) is 1. The number of thiophene rings is 1. The van der Waals surface area contributed by atoms with E-state index >= 15 is 0 Å². The van der Waals surface area contributed by atoms with Gasteiger partial charge in [0.05, 0.1) is 12.5 Å². The number of aromatic nitrogens is 2. The Morgan fingerprint density at radius 3 is 2.92 bits per heavy atom. The summed E-state index contributed by atoms with van der Waals surface area (Å²) in [6.07, 6.45) is 3.21. The number of benzene rings is 1. The van der Waals surface area contributed by atoms with Gasteiger partial charge in [-0.25, -0.2) is 4.98 Å². The molecule has 2 heterocycles. The van der Waals surface area contributed by atoms with Crippen molar-refractivity contribution < 1.29 is 14.6 Å². The summed E-state index contributed by atoms with van der Waals surface area (Å²) in [7, 11) is 1.59. The van der Waals surface area contributed by atoms with Crippen LogP contribution in [0.3, 0.4) is 0 Å². The summed E-state index contributed by atoms with van der Waals surface area (Å²) in [5, 5.41) is 9.89. The molecule has 0 spiro atoms. The first-order valence-corrected chi connectivity index (χ1v) is 9.27. The van der Waals surface area contributed by atoms with E-state index in [4.69, 9.17) is 4.74 Å². The van der Waals surface area contributed by atoms with Crippen LogP contribution in [0.25, 0.3) is 10.2 Å². The number of fused-ring (bicyclic) bond motifs is 3. The van der Waals surface area contributed by atoms with Crippen molar-refractivity contribution in [2.45, 2.75) is 32.2 Å². The molecule has 0 saturated carbocycles. The molecule has 0 bridgehead atoms. The number of ether oxygens (including phenoxy) is 1. The molecule has 7 heteroatoms. The maximum Gasteiger partial charge on any atom is 0.323 e. The predicted octanol–water partition coefficient (Wildman–Crippen LogP) is 2.63. The fourth-order valence-electron chi connectivity index (χ4n) is 3.57. The third-order valence-corrected chi connectivity index (χ3v) is 5.92. The molecule has 0 atom stereocenters. The van der Waals surface area contributed by atoms with Crippen LogP contribution in [-0.4, -0.2) is 27.7 Å². The molecule has 0 radical (unpaired) electrons. The summed E-state index contributed by atoms with van der Waals surface area (Å²) in [6, 6.07) is 7.49. The lowest BCUT2D eigenvalue weighted by Gasteiger charge is -2.13. The van der Waals surface area contributed by atoms with E-state index in [1.54, 1.807) is 18.4 Å². The zero-order valence-electron chi connectivity index (χ0n) is 14.3. The Bertz CT molecular complexity index is 1070. The molecule has 26 heavy (non-hydrogen) atoms. The van der Waals surface area contributed by atoms with Crippen molar-refractivity contribution in [3.63, 3.8) is 0 Å². The topological polar surface area (TPSA) is 81.4 Å². The van der Waals surface area contributed by atoms with Crippen LogP contribution in [-0.2, 0) is 30.6 Å². The Morgan fingerprint density at radius 1 is 1.35 bits per heavy atom. The van der Waals surface area contributed by atoms with Gasteiger partial charge in [-0.1, -0.05) is 18.2 Å². The van der Waals surface area contributed by atoms with Gasteiger partial charge in [0.1, 0.15) is 22.9 Å². The summed E-state index contributed by atoms with van der Waals surface area (Å²) < 4.78 is 6.67. The van der Waals surface area contributed by atoms with E-state index in [9.17, 15) is 14.7 Å². The summed E-state index contributed by atoms with van der Waals surface area (Å²) >= 11 is 1.56. The van der Waals surface area contributed by atoms with Gasteiger partial charge in [-0.2, -0.15) is 0 Å². The number of hydrogen-bond acceptors (Lipinski definition) is 5. The average molecular weight is 370 g/mol. The number of aryl methyl sites for hydroxylation is 2. The van der Waals surface area contributed by atoms with E-state index in [2.05, 4.69) is 4.98 Å². The first-order chi connectivity index (χ1) is 12.6. The summed E-state index contributed by atoms with van der Waals surface area (Å²) in [6.45, 7) is -0.392. The van der Waals surface area contributed by atoms with E-state index < -0.39 is 12.5 Å². The fourth-order valence-corrected chi connectivity index (χ4v) is 4.84. The third-order valence-electron chi connectivity index (χ3n) is 4.74. The smallest absolute Gasteiger partial charge is 0.323 e. The second-order valence-corrected chi connectivity index (χ2v) is 7.42. The second kappa shape index (κ2) is 6.57. The van der Waals surface area contributed by atoms with Crippen LogP contribution in [0.2, 0.25) is 0 Å². The zero-order chi connectivity index (χ0) is 18.3. The number of carbonyl (C=O) groups is 1. The highest BCUT2D eigenvalue weighted by Gasteiger charge is 2.24. The van der Waals surface area contributed by atoms with Crippen molar-refractivity contribution in [2.75, 3.05) is 7.11 Å². The van der Waals surface area contributed by atoms with Gasteiger partial charge in [-0.3, -0.25) is 14.2 Å².